The summed E-state index contributed by atoms with van der Waals surface area (Å²) in [7, 11) is 0. The van der Waals surface area contributed by atoms with E-state index in [0.717, 1.165) is 17.0 Å². The molecule has 94 valence electrons. The molecule has 0 N–H and O–H groups in total. The molecule has 0 aliphatic heterocycles. The highest BCUT2D eigenvalue weighted by atomic mass is 79.9. The van der Waals surface area contributed by atoms with Gasteiger partial charge in [0.15, 0.2) is 0 Å². The van der Waals surface area contributed by atoms with Crippen molar-refractivity contribution >= 4 is 27.5 Å². The van der Waals surface area contributed by atoms with E-state index < -0.39 is 0 Å². The second kappa shape index (κ2) is 5.90. The fourth-order valence-corrected chi connectivity index (χ4v) is 3.17. The van der Waals surface area contributed by atoms with Gasteiger partial charge in [0, 0.05) is 9.85 Å². The summed E-state index contributed by atoms with van der Waals surface area (Å²) in [4.78, 5) is 0.256. The zero-order chi connectivity index (χ0) is 13.1. The second-order valence-electron chi connectivity index (χ2n) is 4.58. The first-order valence-corrected chi connectivity index (χ1v) is 7.32. The molecule has 2 heteroatoms. The largest absolute Gasteiger partial charge is 0.0837 e. The molecule has 0 amide bonds. The van der Waals surface area contributed by atoms with Crippen LogP contribution in [0.2, 0.25) is 5.02 Å². The van der Waals surface area contributed by atoms with Crippen molar-refractivity contribution in [3.8, 4) is 0 Å². The third-order valence-electron chi connectivity index (χ3n) is 3.22. The minimum atomic E-state index is 0.256. The number of benzene rings is 2. The van der Waals surface area contributed by atoms with Gasteiger partial charge in [0.25, 0.3) is 0 Å². The number of halogens is 2. The van der Waals surface area contributed by atoms with Gasteiger partial charge < -0.3 is 0 Å². The molecule has 0 spiro atoms. The Balaban J connectivity index is 2.25. The molecule has 0 fully saturated rings. The van der Waals surface area contributed by atoms with Gasteiger partial charge >= 0.3 is 0 Å². The Kier molecular flexibility index (Phi) is 4.47. The van der Waals surface area contributed by atoms with Gasteiger partial charge in [0.1, 0.15) is 0 Å². The predicted octanol–water partition coefficient (Wildman–Crippen LogP) is 5.64. The maximum atomic E-state index is 6.36. The topological polar surface area (TPSA) is 0 Å². The van der Waals surface area contributed by atoms with Crippen molar-refractivity contribution in [2.24, 2.45) is 0 Å². The van der Waals surface area contributed by atoms with Crippen molar-refractivity contribution < 1.29 is 0 Å². The molecule has 2 aromatic rings. The van der Waals surface area contributed by atoms with Gasteiger partial charge in [0.05, 0.1) is 0 Å². The molecule has 0 nitrogen and oxygen atoms in total. The quantitative estimate of drug-likeness (QED) is 0.642. The molecule has 0 bridgehead atoms. The summed E-state index contributed by atoms with van der Waals surface area (Å²) >= 11 is 10.1. The highest BCUT2D eigenvalue weighted by Gasteiger charge is 2.14. The van der Waals surface area contributed by atoms with Crippen LogP contribution in [0, 0.1) is 13.8 Å². The molecule has 0 aliphatic carbocycles. The Morgan fingerprint density at radius 3 is 2.39 bits per heavy atom. The standard InChI is InChI=1S/C16H16BrCl/c1-11-6-3-4-8-13(11)10-15(17)14-9-5-7-12(2)16(14)18/h3-9,15H,10H2,1-2H3. The molecule has 18 heavy (non-hydrogen) atoms. The third kappa shape index (κ3) is 2.96. The molecule has 1 unspecified atom stereocenters. The van der Waals surface area contributed by atoms with Gasteiger partial charge in [-0.3, -0.25) is 0 Å². The molecular weight excluding hydrogens is 308 g/mol. The third-order valence-corrected chi connectivity index (χ3v) is 4.55. The summed E-state index contributed by atoms with van der Waals surface area (Å²) < 4.78 is 0. The minimum absolute atomic E-state index is 0.256. The molecule has 1 atom stereocenters. The fraction of sp³-hybridized carbons (Fsp3) is 0.250. The summed E-state index contributed by atoms with van der Waals surface area (Å²) in [5.74, 6) is 0. The lowest BCUT2D eigenvalue weighted by Crippen LogP contribution is -1.99. The minimum Gasteiger partial charge on any atom is -0.0837 e. The lowest BCUT2D eigenvalue weighted by molar-refractivity contribution is 0.937. The monoisotopic (exact) mass is 322 g/mol. The van der Waals surface area contributed by atoms with Gasteiger partial charge in [-0.05, 0) is 42.5 Å². The van der Waals surface area contributed by atoms with Crippen LogP contribution in [-0.4, -0.2) is 0 Å². The lowest BCUT2D eigenvalue weighted by atomic mass is 9.99. The summed E-state index contributed by atoms with van der Waals surface area (Å²) in [5, 5.41) is 0.868. The first-order chi connectivity index (χ1) is 8.59. The van der Waals surface area contributed by atoms with Crippen LogP contribution in [0.25, 0.3) is 0 Å². The first-order valence-electron chi connectivity index (χ1n) is 6.03. The van der Waals surface area contributed by atoms with E-state index in [0.29, 0.717) is 0 Å². The summed E-state index contributed by atoms with van der Waals surface area (Å²) in [6, 6.07) is 14.7. The zero-order valence-corrected chi connectivity index (χ0v) is 12.9. The van der Waals surface area contributed by atoms with Crippen LogP contribution in [-0.2, 0) is 6.42 Å². The van der Waals surface area contributed by atoms with Crippen LogP contribution in [0.1, 0.15) is 27.1 Å². The highest BCUT2D eigenvalue weighted by molar-refractivity contribution is 9.09. The Labute approximate surface area is 122 Å². The first kappa shape index (κ1) is 13.6. The van der Waals surface area contributed by atoms with Crippen molar-refractivity contribution in [2.45, 2.75) is 25.1 Å². The van der Waals surface area contributed by atoms with E-state index in [2.05, 4.69) is 59.3 Å². The predicted molar refractivity (Wildman–Crippen MR) is 82.7 cm³/mol. The average molecular weight is 324 g/mol. The maximum absolute atomic E-state index is 6.36. The SMILES string of the molecule is Cc1ccccc1CC(Br)c1cccc(C)c1Cl. The number of hydrogen-bond donors (Lipinski definition) is 0. The Bertz CT molecular complexity index is 549. The van der Waals surface area contributed by atoms with Crippen molar-refractivity contribution in [1.82, 2.24) is 0 Å². The molecule has 0 heterocycles. The fourth-order valence-electron chi connectivity index (χ4n) is 2.05. The van der Waals surface area contributed by atoms with Crippen LogP contribution in [0.4, 0.5) is 0 Å². The number of alkyl halides is 1. The van der Waals surface area contributed by atoms with Crippen molar-refractivity contribution in [1.29, 1.82) is 0 Å². The Morgan fingerprint density at radius 1 is 1.00 bits per heavy atom. The van der Waals surface area contributed by atoms with Gasteiger partial charge in [-0.15, -0.1) is 0 Å². The van der Waals surface area contributed by atoms with Gasteiger partial charge in [-0.1, -0.05) is 70.0 Å². The summed E-state index contributed by atoms with van der Waals surface area (Å²) in [5.41, 5.74) is 4.98. The molecule has 0 aliphatic rings. The Hall–Kier alpha value is -0.790. The normalized spacial score (nSPS) is 12.4. The van der Waals surface area contributed by atoms with Gasteiger partial charge in [-0.25, -0.2) is 0 Å². The summed E-state index contributed by atoms with van der Waals surface area (Å²) in [6.07, 6.45) is 0.954. The van der Waals surface area contributed by atoms with Gasteiger partial charge in [-0.2, -0.15) is 0 Å². The summed E-state index contributed by atoms with van der Waals surface area (Å²) in [6.45, 7) is 4.19. The molecule has 2 aromatic carbocycles. The van der Waals surface area contributed by atoms with Crippen LogP contribution < -0.4 is 0 Å². The molecular formula is C16H16BrCl. The second-order valence-corrected chi connectivity index (χ2v) is 6.06. The molecule has 0 radical (unpaired) electrons. The van der Waals surface area contributed by atoms with E-state index in [1.807, 2.05) is 13.0 Å². The molecule has 0 aromatic heterocycles. The number of hydrogen-bond acceptors (Lipinski definition) is 0. The van der Waals surface area contributed by atoms with Crippen LogP contribution in [0.3, 0.4) is 0 Å². The van der Waals surface area contributed by atoms with Crippen LogP contribution in [0.15, 0.2) is 42.5 Å². The molecule has 2 rings (SSSR count). The highest BCUT2D eigenvalue weighted by Crippen LogP contribution is 2.34. The van der Waals surface area contributed by atoms with Gasteiger partial charge in [0.2, 0.25) is 0 Å². The zero-order valence-electron chi connectivity index (χ0n) is 10.6. The maximum Gasteiger partial charge on any atom is 0.0478 e. The van der Waals surface area contributed by atoms with E-state index in [1.54, 1.807) is 0 Å². The van der Waals surface area contributed by atoms with E-state index in [-0.39, 0.29) is 4.83 Å². The van der Waals surface area contributed by atoms with Crippen LogP contribution >= 0.6 is 27.5 Å². The number of rotatable bonds is 3. The van der Waals surface area contributed by atoms with E-state index in [4.69, 9.17) is 11.6 Å². The van der Waals surface area contributed by atoms with Crippen molar-refractivity contribution in [3.05, 3.63) is 69.7 Å². The molecule has 0 saturated carbocycles. The smallest absolute Gasteiger partial charge is 0.0478 e. The van der Waals surface area contributed by atoms with E-state index >= 15 is 0 Å². The molecule has 0 saturated heterocycles. The van der Waals surface area contributed by atoms with Crippen molar-refractivity contribution in [3.63, 3.8) is 0 Å². The lowest BCUT2D eigenvalue weighted by Gasteiger charge is -2.15. The average Bonchev–Trinajstić information content (AvgIpc) is 2.35. The van der Waals surface area contributed by atoms with Crippen LogP contribution in [0.5, 0.6) is 0 Å². The Morgan fingerprint density at radius 2 is 1.67 bits per heavy atom. The van der Waals surface area contributed by atoms with E-state index in [9.17, 15) is 0 Å². The van der Waals surface area contributed by atoms with Crippen molar-refractivity contribution in [2.75, 3.05) is 0 Å². The number of aryl methyl sites for hydroxylation is 2. The van der Waals surface area contributed by atoms with E-state index in [1.165, 1.54) is 16.7 Å².